The Balaban J connectivity index is 1.98. The molecule has 0 saturated carbocycles. The van der Waals surface area contributed by atoms with Crippen molar-refractivity contribution >= 4 is 23.2 Å². The van der Waals surface area contributed by atoms with Crippen LogP contribution in [0.5, 0.6) is 0 Å². The molecule has 1 fully saturated rings. The molecule has 0 spiro atoms. The van der Waals surface area contributed by atoms with E-state index >= 15 is 0 Å². The summed E-state index contributed by atoms with van der Waals surface area (Å²) in [6.45, 7) is 5.37. The molecular weight excluding hydrogens is 267 g/mol. The SMILES string of the molecule is CNC1(C)CCN(Cc2cccc(Cl)c2Cl)CC1. The molecule has 1 saturated heterocycles. The highest BCUT2D eigenvalue weighted by Gasteiger charge is 2.28. The van der Waals surface area contributed by atoms with Gasteiger partial charge >= 0.3 is 0 Å². The van der Waals surface area contributed by atoms with Gasteiger partial charge in [0.25, 0.3) is 0 Å². The van der Waals surface area contributed by atoms with Gasteiger partial charge in [0.2, 0.25) is 0 Å². The number of likely N-dealkylation sites (tertiary alicyclic amines) is 1. The molecular formula is C14H20Cl2N2. The summed E-state index contributed by atoms with van der Waals surface area (Å²) < 4.78 is 0. The fourth-order valence-corrected chi connectivity index (χ4v) is 2.75. The molecule has 100 valence electrons. The van der Waals surface area contributed by atoms with Crippen molar-refractivity contribution < 1.29 is 0 Å². The number of piperidine rings is 1. The lowest BCUT2D eigenvalue weighted by Crippen LogP contribution is -2.49. The summed E-state index contributed by atoms with van der Waals surface area (Å²) in [5, 5.41) is 4.75. The van der Waals surface area contributed by atoms with Crippen molar-refractivity contribution in [2.24, 2.45) is 0 Å². The highest BCUT2D eigenvalue weighted by atomic mass is 35.5. The van der Waals surface area contributed by atoms with Gasteiger partial charge in [-0.1, -0.05) is 35.3 Å². The van der Waals surface area contributed by atoms with Gasteiger partial charge in [0, 0.05) is 25.2 Å². The second-order valence-electron chi connectivity index (χ2n) is 5.30. The third-order valence-electron chi connectivity index (χ3n) is 3.99. The Morgan fingerprint density at radius 3 is 2.56 bits per heavy atom. The van der Waals surface area contributed by atoms with Gasteiger partial charge in [-0.3, -0.25) is 4.90 Å². The maximum Gasteiger partial charge on any atom is 0.0637 e. The molecule has 0 unspecified atom stereocenters. The van der Waals surface area contributed by atoms with Gasteiger partial charge in [-0.2, -0.15) is 0 Å². The van der Waals surface area contributed by atoms with Crippen LogP contribution in [0, 0.1) is 0 Å². The van der Waals surface area contributed by atoms with E-state index in [4.69, 9.17) is 23.2 Å². The molecule has 1 aromatic rings. The largest absolute Gasteiger partial charge is 0.314 e. The fraction of sp³-hybridized carbons (Fsp3) is 0.571. The minimum atomic E-state index is 0.286. The van der Waals surface area contributed by atoms with Gasteiger partial charge in [0.1, 0.15) is 0 Å². The molecule has 1 aromatic carbocycles. The van der Waals surface area contributed by atoms with Crippen LogP contribution in [0.2, 0.25) is 10.0 Å². The molecule has 1 aliphatic rings. The second kappa shape index (κ2) is 5.79. The van der Waals surface area contributed by atoms with Gasteiger partial charge in [-0.25, -0.2) is 0 Å². The van der Waals surface area contributed by atoms with E-state index in [1.54, 1.807) is 0 Å². The van der Waals surface area contributed by atoms with E-state index in [1.807, 2.05) is 19.2 Å². The van der Waals surface area contributed by atoms with Crippen LogP contribution in [0.4, 0.5) is 0 Å². The lowest BCUT2D eigenvalue weighted by atomic mass is 9.90. The van der Waals surface area contributed by atoms with Crippen LogP contribution in [0.25, 0.3) is 0 Å². The molecule has 1 heterocycles. The number of halogens is 2. The van der Waals surface area contributed by atoms with Crippen LogP contribution in [0.1, 0.15) is 25.3 Å². The first-order chi connectivity index (χ1) is 8.54. The summed E-state index contributed by atoms with van der Waals surface area (Å²) in [5.41, 5.74) is 1.41. The molecule has 0 radical (unpaired) electrons. The minimum Gasteiger partial charge on any atom is -0.314 e. The van der Waals surface area contributed by atoms with E-state index in [2.05, 4.69) is 23.2 Å². The van der Waals surface area contributed by atoms with Crippen molar-refractivity contribution in [3.05, 3.63) is 33.8 Å². The van der Waals surface area contributed by atoms with E-state index in [1.165, 1.54) is 12.8 Å². The van der Waals surface area contributed by atoms with Crippen molar-refractivity contribution in [3.8, 4) is 0 Å². The molecule has 0 amide bonds. The molecule has 0 atom stereocenters. The van der Waals surface area contributed by atoms with Gasteiger partial charge in [0.05, 0.1) is 10.0 Å². The Morgan fingerprint density at radius 2 is 1.94 bits per heavy atom. The smallest absolute Gasteiger partial charge is 0.0637 e. The zero-order chi connectivity index (χ0) is 13.2. The molecule has 1 N–H and O–H groups in total. The monoisotopic (exact) mass is 286 g/mol. The Labute approximate surface area is 119 Å². The van der Waals surface area contributed by atoms with Crippen LogP contribution in [0.15, 0.2) is 18.2 Å². The normalized spacial score (nSPS) is 20.0. The number of benzene rings is 1. The van der Waals surface area contributed by atoms with E-state index < -0.39 is 0 Å². The molecule has 0 aromatic heterocycles. The Morgan fingerprint density at radius 1 is 1.28 bits per heavy atom. The number of hydrogen-bond donors (Lipinski definition) is 1. The maximum absolute atomic E-state index is 6.22. The van der Waals surface area contributed by atoms with Gasteiger partial charge in [0.15, 0.2) is 0 Å². The van der Waals surface area contributed by atoms with E-state index in [9.17, 15) is 0 Å². The predicted octanol–water partition coefficient (Wildman–Crippen LogP) is 3.57. The highest BCUT2D eigenvalue weighted by Crippen LogP contribution is 2.28. The summed E-state index contributed by atoms with van der Waals surface area (Å²) >= 11 is 12.3. The minimum absolute atomic E-state index is 0.286. The zero-order valence-corrected chi connectivity index (χ0v) is 12.5. The average molecular weight is 287 g/mol. The van der Waals surface area contributed by atoms with Crippen LogP contribution < -0.4 is 5.32 Å². The summed E-state index contributed by atoms with van der Waals surface area (Å²) in [4.78, 5) is 2.44. The predicted molar refractivity (Wildman–Crippen MR) is 78.4 cm³/mol. The zero-order valence-electron chi connectivity index (χ0n) is 11.0. The second-order valence-corrected chi connectivity index (χ2v) is 6.08. The molecule has 0 bridgehead atoms. The van der Waals surface area contributed by atoms with Crippen molar-refractivity contribution in [2.75, 3.05) is 20.1 Å². The van der Waals surface area contributed by atoms with Crippen LogP contribution in [-0.4, -0.2) is 30.6 Å². The first-order valence-corrected chi connectivity index (χ1v) is 7.14. The average Bonchev–Trinajstić information content (AvgIpc) is 2.38. The maximum atomic E-state index is 6.22. The number of rotatable bonds is 3. The van der Waals surface area contributed by atoms with Crippen LogP contribution in [0.3, 0.4) is 0 Å². The molecule has 0 aliphatic carbocycles. The van der Waals surface area contributed by atoms with Crippen molar-refractivity contribution in [1.82, 2.24) is 10.2 Å². The molecule has 4 heteroatoms. The Kier molecular flexibility index (Phi) is 4.54. The Bertz CT molecular complexity index is 412. The van der Waals surface area contributed by atoms with E-state index in [0.717, 1.165) is 25.2 Å². The van der Waals surface area contributed by atoms with Crippen LogP contribution >= 0.6 is 23.2 Å². The van der Waals surface area contributed by atoms with Gasteiger partial charge in [-0.05, 0) is 38.4 Å². The molecule has 1 aliphatic heterocycles. The van der Waals surface area contributed by atoms with Gasteiger partial charge < -0.3 is 5.32 Å². The van der Waals surface area contributed by atoms with Crippen molar-refractivity contribution in [3.63, 3.8) is 0 Å². The Hall–Kier alpha value is -0.280. The number of nitrogens with zero attached hydrogens (tertiary/aromatic N) is 1. The fourth-order valence-electron chi connectivity index (χ4n) is 2.37. The molecule has 2 nitrogen and oxygen atoms in total. The third-order valence-corrected chi connectivity index (χ3v) is 4.85. The highest BCUT2D eigenvalue weighted by molar-refractivity contribution is 6.42. The summed E-state index contributed by atoms with van der Waals surface area (Å²) in [6.07, 6.45) is 2.34. The quantitative estimate of drug-likeness (QED) is 0.914. The lowest BCUT2D eigenvalue weighted by molar-refractivity contribution is 0.146. The van der Waals surface area contributed by atoms with Crippen molar-refractivity contribution in [1.29, 1.82) is 0 Å². The summed E-state index contributed by atoms with van der Waals surface area (Å²) in [6, 6.07) is 5.85. The molecule has 18 heavy (non-hydrogen) atoms. The van der Waals surface area contributed by atoms with Gasteiger partial charge in [-0.15, -0.1) is 0 Å². The third kappa shape index (κ3) is 3.18. The van der Waals surface area contributed by atoms with Crippen LogP contribution in [-0.2, 0) is 6.54 Å². The lowest BCUT2D eigenvalue weighted by Gasteiger charge is -2.39. The number of hydrogen-bond acceptors (Lipinski definition) is 2. The number of nitrogens with one attached hydrogen (secondary N) is 1. The molecule has 2 rings (SSSR count). The van der Waals surface area contributed by atoms with E-state index in [-0.39, 0.29) is 5.54 Å². The summed E-state index contributed by atoms with van der Waals surface area (Å²) in [5.74, 6) is 0. The first kappa shape index (κ1) is 14.1. The van der Waals surface area contributed by atoms with E-state index in [0.29, 0.717) is 10.0 Å². The van der Waals surface area contributed by atoms with Crippen molar-refractivity contribution in [2.45, 2.75) is 31.8 Å². The standard InChI is InChI=1S/C14H20Cl2N2/c1-14(17-2)6-8-18(9-7-14)10-11-4-3-5-12(15)13(11)16/h3-5,17H,6-10H2,1-2H3. The first-order valence-electron chi connectivity index (χ1n) is 6.38. The summed E-state index contributed by atoms with van der Waals surface area (Å²) in [7, 11) is 2.05. The topological polar surface area (TPSA) is 15.3 Å².